The minimum absolute atomic E-state index is 0.0893. The number of hydrogen-bond acceptors (Lipinski definition) is 2. The molecular weight excluding hydrogens is 305 g/mol. The Morgan fingerprint density at radius 3 is 2.52 bits per heavy atom. The Labute approximate surface area is 132 Å². The van der Waals surface area contributed by atoms with Gasteiger partial charge in [0, 0.05) is 11.5 Å². The Kier molecular flexibility index (Phi) is 3.79. The maximum atomic E-state index is 13.1. The van der Waals surface area contributed by atoms with Gasteiger partial charge in [0.2, 0.25) is 0 Å². The molecule has 23 heavy (non-hydrogen) atoms. The molecule has 3 rings (SSSR count). The molecule has 1 N–H and O–H groups in total. The van der Waals surface area contributed by atoms with E-state index in [2.05, 4.69) is 0 Å². The van der Waals surface area contributed by atoms with E-state index in [1.165, 1.54) is 13.8 Å². The Bertz CT molecular complexity index is 722. The SMILES string of the molecule is CC(C)(CC1COc2ccc3ccccc3c2C1O)C(F)(F)F. The van der Waals surface area contributed by atoms with Gasteiger partial charge in [-0.15, -0.1) is 0 Å². The number of aliphatic hydroxyl groups excluding tert-OH is 1. The van der Waals surface area contributed by atoms with Crippen molar-refractivity contribution in [1.29, 1.82) is 0 Å². The third-order valence-electron chi connectivity index (χ3n) is 4.67. The Morgan fingerprint density at radius 2 is 1.83 bits per heavy atom. The minimum atomic E-state index is -4.31. The van der Waals surface area contributed by atoms with Crippen molar-refractivity contribution in [1.82, 2.24) is 0 Å². The molecule has 0 aromatic heterocycles. The first kappa shape index (κ1) is 16.1. The van der Waals surface area contributed by atoms with E-state index in [0.717, 1.165) is 10.8 Å². The molecule has 2 unspecified atom stereocenters. The fourth-order valence-electron chi connectivity index (χ4n) is 3.17. The highest BCUT2D eigenvalue weighted by Crippen LogP contribution is 2.48. The van der Waals surface area contributed by atoms with Gasteiger partial charge in [0.25, 0.3) is 0 Å². The van der Waals surface area contributed by atoms with Crippen molar-refractivity contribution >= 4 is 10.8 Å². The Balaban J connectivity index is 1.97. The molecule has 0 amide bonds. The molecule has 0 saturated carbocycles. The van der Waals surface area contributed by atoms with Gasteiger partial charge in [-0.3, -0.25) is 0 Å². The van der Waals surface area contributed by atoms with Gasteiger partial charge in [0.05, 0.1) is 18.1 Å². The van der Waals surface area contributed by atoms with Crippen molar-refractivity contribution in [2.24, 2.45) is 11.3 Å². The normalized spacial score (nSPS) is 21.8. The third-order valence-corrected chi connectivity index (χ3v) is 4.67. The Morgan fingerprint density at radius 1 is 1.13 bits per heavy atom. The van der Waals surface area contributed by atoms with Crippen LogP contribution in [0.15, 0.2) is 36.4 Å². The predicted molar refractivity (Wildman–Crippen MR) is 82.3 cm³/mol. The molecule has 0 radical (unpaired) electrons. The van der Waals surface area contributed by atoms with Crippen LogP contribution >= 0.6 is 0 Å². The summed E-state index contributed by atoms with van der Waals surface area (Å²) in [6, 6.07) is 11.2. The van der Waals surface area contributed by atoms with Crippen molar-refractivity contribution in [2.75, 3.05) is 6.61 Å². The fourth-order valence-corrected chi connectivity index (χ4v) is 3.17. The van der Waals surface area contributed by atoms with Crippen LogP contribution < -0.4 is 4.74 Å². The molecule has 124 valence electrons. The van der Waals surface area contributed by atoms with E-state index in [0.29, 0.717) is 11.3 Å². The summed E-state index contributed by atoms with van der Waals surface area (Å²) in [4.78, 5) is 0. The number of halogens is 3. The molecule has 2 aromatic rings. The lowest BCUT2D eigenvalue weighted by Gasteiger charge is -2.37. The van der Waals surface area contributed by atoms with Gasteiger partial charge in [-0.1, -0.05) is 44.2 Å². The summed E-state index contributed by atoms with van der Waals surface area (Å²) in [5.74, 6) is -0.0396. The van der Waals surface area contributed by atoms with Crippen LogP contribution in [0, 0.1) is 11.3 Å². The third kappa shape index (κ3) is 2.78. The Hall–Kier alpha value is -1.75. The van der Waals surface area contributed by atoms with Crippen molar-refractivity contribution < 1.29 is 23.0 Å². The van der Waals surface area contributed by atoms with E-state index >= 15 is 0 Å². The van der Waals surface area contributed by atoms with Gasteiger partial charge < -0.3 is 9.84 Å². The minimum Gasteiger partial charge on any atom is -0.493 e. The average molecular weight is 324 g/mol. The molecule has 0 fully saturated rings. The second-order valence-corrected chi connectivity index (χ2v) is 6.80. The number of fused-ring (bicyclic) bond motifs is 3. The number of aliphatic hydroxyl groups is 1. The summed E-state index contributed by atoms with van der Waals surface area (Å²) in [5, 5.41) is 12.5. The predicted octanol–water partition coefficient (Wildman–Crippen LogP) is 4.86. The first-order chi connectivity index (χ1) is 10.7. The van der Waals surface area contributed by atoms with Crippen LogP contribution in [-0.4, -0.2) is 17.9 Å². The van der Waals surface area contributed by atoms with Crippen molar-refractivity contribution in [3.05, 3.63) is 42.0 Å². The number of benzene rings is 2. The summed E-state index contributed by atoms with van der Waals surface area (Å²) < 4.78 is 45.1. The number of alkyl halides is 3. The molecule has 1 heterocycles. The van der Waals surface area contributed by atoms with E-state index in [4.69, 9.17) is 4.74 Å². The zero-order valence-electron chi connectivity index (χ0n) is 13.0. The van der Waals surface area contributed by atoms with E-state index in [1.54, 1.807) is 6.07 Å². The van der Waals surface area contributed by atoms with Gasteiger partial charge in [-0.05, 0) is 23.3 Å². The molecular formula is C18H19F3O2. The number of hydrogen-bond donors (Lipinski definition) is 1. The standard InChI is InChI=1S/C18H19F3O2/c1-17(2,18(19,20)21)9-12-10-23-14-8-7-11-5-3-4-6-13(11)15(14)16(12)22/h3-8,12,16,22H,9-10H2,1-2H3. The van der Waals surface area contributed by atoms with E-state index in [-0.39, 0.29) is 13.0 Å². The van der Waals surface area contributed by atoms with Crippen LogP contribution in [0.4, 0.5) is 13.2 Å². The average Bonchev–Trinajstić information content (AvgIpc) is 2.48. The second-order valence-electron chi connectivity index (χ2n) is 6.80. The van der Waals surface area contributed by atoms with Gasteiger partial charge in [-0.2, -0.15) is 13.2 Å². The van der Waals surface area contributed by atoms with E-state index in [1.807, 2.05) is 30.3 Å². The number of ether oxygens (including phenoxy) is 1. The first-order valence-corrected chi connectivity index (χ1v) is 7.60. The fraction of sp³-hybridized carbons (Fsp3) is 0.444. The van der Waals surface area contributed by atoms with E-state index in [9.17, 15) is 18.3 Å². The van der Waals surface area contributed by atoms with Crippen LogP contribution in [0.2, 0.25) is 0 Å². The highest BCUT2D eigenvalue weighted by atomic mass is 19.4. The van der Waals surface area contributed by atoms with Gasteiger partial charge in [-0.25, -0.2) is 0 Å². The molecule has 1 aliphatic heterocycles. The smallest absolute Gasteiger partial charge is 0.393 e. The lowest BCUT2D eigenvalue weighted by atomic mass is 9.77. The van der Waals surface area contributed by atoms with Crippen LogP contribution in [0.25, 0.3) is 10.8 Å². The molecule has 1 aliphatic rings. The molecule has 0 spiro atoms. The zero-order valence-corrected chi connectivity index (χ0v) is 13.0. The molecule has 0 bridgehead atoms. The van der Waals surface area contributed by atoms with Gasteiger partial charge in [0.15, 0.2) is 0 Å². The van der Waals surface area contributed by atoms with Gasteiger partial charge >= 0.3 is 6.18 Å². The number of rotatable bonds is 2. The van der Waals surface area contributed by atoms with Crippen molar-refractivity contribution in [3.63, 3.8) is 0 Å². The van der Waals surface area contributed by atoms with Crippen LogP contribution in [0.1, 0.15) is 31.9 Å². The molecule has 5 heteroatoms. The molecule has 2 atom stereocenters. The molecule has 2 aromatic carbocycles. The lowest BCUT2D eigenvalue weighted by Crippen LogP contribution is -2.38. The molecule has 0 saturated heterocycles. The van der Waals surface area contributed by atoms with Gasteiger partial charge in [0.1, 0.15) is 5.75 Å². The summed E-state index contributed by atoms with van der Waals surface area (Å²) in [6.45, 7) is 2.42. The van der Waals surface area contributed by atoms with E-state index < -0.39 is 23.6 Å². The van der Waals surface area contributed by atoms with Crippen molar-refractivity contribution in [3.8, 4) is 5.75 Å². The summed E-state index contributed by atoms with van der Waals surface area (Å²) in [5.41, 5.74) is -1.28. The maximum absolute atomic E-state index is 13.1. The van der Waals surface area contributed by atoms with Crippen LogP contribution in [0.3, 0.4) is 0 Å². The molecule has 0 aliphatic carbocycles. The monoisotopic (exact) mass is 324 g/mol. The summed E-state index contributed by atoms with van der Waals surface area (Å²) >= 11 is 0. The highest BCUT2D eigenvalue weighted by Gasteiger charge is 2.49. The zero-order chi connectivity index (χ0) is 16.8. The van der Waals surface area contributed by atoms with Crippen LogP contribution in [-0.2, 0) is 0 Å². The quantitative estimate of drug-likeness (QED) is 0.855. The first-order valence-electron chi connectivity index (χ1n) is 7.60. The maximum Gasteiger partial charge on any atom is 0.393 e. The lowest BCUT2D eigenvalue weighted by molar-refractivity contribution is -0.220. The van der Waals surface area contributed by atoms with Crippen molar-refractivity contribution in [2.45, 2.75) is 32.5 Å². The largest absolute Gasteiger partial charge is 0.493 e. The summed E-state index contributed by atoms with van der Waals surface area (Å²) in [7, 11) is 0. The second kappa shape index (κ2) is 5.41. The molecule has 2 nitrogen and oxygen atoms in total. The topological polar surface area (TPSA) is 29.5 Å². The summed E-state index contributed by atoms with van der Waals surface area (Å²) in [6.07, 6.45) is -5.46. The highest BCUT2D eigenvalue weighted by molar-refractivity contribution is 5.88. The van der Waals surface area contributed by atoms with Crippen LogP contribution in [0.5, 0.6) is 5.75 Å².